The summed E-state index contributed by atoms with van der Waals surface area (Å²) in [6, 6.07) is 1.76. The van der Waals surface area contributed by atoms with Gasteiger partial charge in [-0.2, -0.15) is 5.10 Å². The van der Waals surface area contributed by atoms with Crippen molar-refractivity contribution in [1.29, 1.82) is 0 Å². The Morgan fingerprint density at radius 2 is 2.12 bits per heavy atom. The van der Waals surface area contributed by atoms with Crippen molar-refractivity contribution in [3.05, 3.63) is 22.8 Å². The first-order valence-corrected chi connectivity index (χ1v) is 8.19. The van der Waals surface area contributed by atoms with Crippen LogP contribution < -0.4 is 5.32 Å². The van der Waals surface area contributed by atoms with Gasteiger partial charge in [0.2, 0.25) is 0 Å². The number of hydrogen-bond donors (Lipinski definition) is 2. The molecule has 0 aliphatic heterocycles. The first kappa shape index (κ1) is 17.9. The number of alkyl carbamates (subject to hydrolysis) is 1. The second kappa shape index (κ2) is 7.00. The molecule has 2 heterocycles. The van der Waals surface area contributed by atoms with Crippen LogP contribution >= 0.6 is 11.3 Å². The molecule has 0 bridgehead atoms. The number of nitrogens with zero attached hydrogens (tertiary/aromatic N) is 3. The molecule has 130 valence electrons. The van der Waals surface area contributed by atoms with E-state index in [1.807, 2.05) is 0 Å². The van der Waals surface area contributed by atoms with Crippen molar-refractivity contribution in [2.45, 2.75) is 39.8 Å². The fourth-order valence-corrected chi connectivity index (χ4v) is 2.76. The lowest BCUT2D eigenvalue weighted by Gasteiger charge is -2.19. The molecule has 8 nitrogen and oxygen atoms in total. The van der Waals surface area contributed by atoms with E-state index >= 15 is 0 Å². The summed E-state index contributed by atoms with van der Waals surface area (Å²) in [6.07, 6.45) is 1.28. The number of aryl methyl sites for hydroxylation is 1. The van der Waals surface area contributed by atoms with Crippen molar-refractivity contribution >= 4 is 23.4 Å². The largest absolute Gasteiger partial charge is 0.477 e. The number of amides is 1. The summed E-state index contributed by atoms with van der Waals surface area (Å²) in [5.41, 5.74) is 0.546. The Hall–Kier alpha value is -2.42. The Morgan fingerprint density at radius 1 is 1.42 bits per heavy atom. The molecule has 2 N–H and O–H groups in total. The van der Waals surface area contributed by atoms with Gasteiger partial charge in [0.1, 0.15) is 21.2 Å². The second-order valence-corrected chi connectivity index (χ2v) is 7.13. The minimum Gasteiger partial charge on any atom is -0.477 e. The number of rotatable bonds is 5. The normalized spacial score (nSPS) is 11.3. The number of aromatic nitrogens is 3. The molecule has 0 spiro atoms. The maximum atomic E-state index is 11.6. The van der Waals surface area contributed by atoms with Crippen LogP contribution in [0.3, 0.4) is 0 Å². The van der Waals surface area contributed by atoms with Gasteiger partial charge in [0.15, 0.2) is 0 Å². The number of carbonyl (C=O) groups excluding carboxylic acids is 1. The lowest BCUT2D eigenvalue weighted by molar-refractivity contribution is 0.0525. The van der Waals surface area contributed by atoms with Crippen LogP contribution in [-0.4, -0.2) is 44.1 Å². The molecule has 0 fully saturated rings. The summed E-state index contributed by atoms with van der Waals surface area (Å²) in [7, 11) is 0. The van der Waals surface area contributed by atoms with Gasteiger partial charge in [-0.25, -0.2) is 14.6 Å². The number of carboxylic acid groups (broad SMARTS) is 1. The van der Waals surface area contributed by atoms with Crippen molar-refractivity contribution in [1.82, 2.24) is 20.1 Å². The van der Waals surface area contributed by atoms with E-state index in [4.69, 9.17) is 9.84 Å². The van der Waals surface area contributed by atoms with Gasteiger partial charge in [0.05, 0.1) is 12.2 Å². The summed E-state index contributed by atoms with van der Waals surface area (Å²) < 4.78 is 6.80. The molecule has 0 aromatic carbocycles. The second-order valence-electron chi connectivity index (χ2n) is 6.13. The van der Waals surface area contributed by atoms with E-state index < -0.39 is 17.7 Å². The van der Waals surface area contributed by atoms with Crippen molar-refractivity contribution in [3.8, 4) is 10.7 Å². The van der Waals surface area contributed by atoms with Crippen molar-refractivity contribution < 1.29 is 19.4 Å². The number of carboxylic acids is 1. The zero-order chi connectivity index (χ0) is 17.9. The van der Waals surface area contributed by atoms with Gasteiger partial charge in [-0.1, -0.05) is 0 Å². The van der Waals surface area contributed by atoms with Crippen molar-refractivity contribution in [2.24, 2.45) is 0 Å². The minimum absolute atomic E-state index is 0.214. The fourth-order valence-electron chi connectivity index (χ4n) is 1.89. The highest BCUT2D eigenvalue weighted by Gasteiger charge is 2.17. The third kappa shape index (κ3) is 4.79. The molecule has 0 saturated heterocycles. The van der Waals surface area contributed by atoms with E-state index in [-0.39, 0.29) is 4.88 Å². The maximum Gasteiger partial charge on any atom is 0.407 e. The van der Waals surface area contributed by atoms with Crippen LogP contribution in [-0.2, 0) is 11.3 Å². The number of nitrogens with one attached hydrogen (secondary N) is 1. The van der Waals surface area contributed by atoms with Crippen molar-refractivity contribution in [2.75, 3.05) is 6.54 Å². The average molecular weight is 352 g/mol. The molecule has 2 aromatic rings. The van der Waals surface area contributed by atoms with E-state index in [1.165, 1.54) is 0 Å². The molecule has 0 unspecified atom stereocenters. The lowest BCUT2D eigenvalue weighted by atomic mass is 10.2. The topological polar surface area (TPSA) is 106 Å². The third-order valence-electron chi connectivity index (χ3n) is 2.86. The van der Waals surface area contributed by atoms with Crippen LogP contribution in [0, 0.1) is 6.92 Å². The summed E-state index contributed by atoms with van der Waals surface area (Å²) in [5.74, 6) is -0.989. The number of thiazole rings is 1. The molecular formula is C15H20N4O4S. The van der Waals surface area contributed by atoms with Crippen LogP contribution in [0.25, 0.3) is 10.7 Å². The van der Waals surface area contributed by atoms with Gasteiger partial charge in [0.25, 0.3) is 0 Å². The van der Waals surface area contributed by atoms with Gasteiger partial charge in [0, 0.05) is 12.7 Å². The SMILES string of the molecule is Cc1nc(-c2ccn(CCNC(=O)OC(C)(C)C)n2)sc1C(=O)O. The van der Waals surface area contributed by atoms with Crippen LogP contribution in [0.1, 0.15) is 36.1 Å². The number of hydrogen-bond acceptors (Lipinski definition) is 6. The predicted molar refractivity (Wildman–Crippen MR) is 89.3 cm³/mol. The number of aromatic carboxylic acids is 1. The zero-order valence-electron chi connectivity index (χ0n) is 14.0. The summed E-state index contributed by atoms with van der Waals surface area (Å²) in [6.45, 7) is 7.89. The summed E-state index contributed by atoms with van der Waals surface area (Å²) >= 11 is 1.09. The molecule has 0 aliphatic carbocycles. The number of ether oxygens (including phenoxy) is 1. The molecule has 0 atom stereocenters. The molecule has 0 aliphatic rings. The molecule has 24 heavy (non-hydrogen) atoms. The van der Waals surface area contributed by atoms with Gasteiger partial charge in [-0.05, 0) is 33.8 Å². The first-order valence-electron chi connectivity index (χ1n) is 7.37. The van der Waals surface area contributed by atoms with Gasteiger partial charge in [-0.15, -0.1) is 11.3 Å². The minimum atomic E-state index is -0.989. The van der Waals surface area contributed by atoms with Crippen LogP contribution in [0.5, 0.6) is 0 Å². The third-order valence-corrected chi connectivity index (χ3v) is 4.03. The highest BCUT2D eigenvalue weighted by atomic mass is 32.1. The smallest absolute Gasteiger partial charge is 0.407 e. The Morgan fingerprint density at radius 3 is 2.71 bits per heavy atom. The Labute approximate surface area is 143 Å². The monoisotopic (exact) mass is 352 g/mol. The summed E-state index contributed by atoms with van der Waals surface area (Å²) in [4.78, 5) is 27.1. The van der Waals surface area contributed by atoms with E-state index in [0.29, 0.717) is 29.5 Å². The van der Waals surface area contributed by atoms with E-state index in [0.717, 1.165) is 11.3 Å². The van der Waals surface area contributed by atoms with Gasteiger partial charge >= 0.3 is 12.1 Å². The molecule has 0 saturated carbocycles. The molecule has 0 radical (unpaired) electrons. The zero-order valence-corrected chi connectivity index (χ0v) is 14.8. The van der Waals surface area contributed by atoms with Crippen LogP contribution in [0.4, 0.5) is 4.79 Å². The Balaban J connectivity index is 1.93. The van der Waals surface area contributed by atoms with E-state index in [1.54, 1.807) is 44.6 Å². The van der Waals surface area contributed by atoms with E-state index in [2.05, 4.69) is 15.4 Å². The number of carbonyl (C=O) groups is 2. The molecular weight excluding hydrogens is 332 g/mol. The summed E-state index contributed by atoms with van der Waals surface area (Å²) in [5, 5.41) is 16.6. The van der Waals surface area contributed by atoms with Gasteiger partial charge in [-0.3, -0.25) is 4.68 Å². The lowest BCUT2D eigenvalue weighted by Crippen LogP contribution is -2.34. The Bertz CT molecular complexity index is 745. The van der Waals surface area contributed by atoms with E-state index in [9.17, 15) is 9.59 Å². The molecule has 2 aromatic heterocycles. The van der Waals surface area contributed by atoms with Crippen LogP contribution in [0.15, 0.2) is 12.3 Å². The molecule has 2 rings (SSSR count). The average Bonchev–Trinajstić information content (AvgIpc) is 3.03. The first-order chi connectivity index (χ1) is 11.2. The fraction of sp³-hybridized carbons (Fsp3) is 0.467. The Kier molecular flexibility index (Phi) is 5.23. The standard InChI is InChI=1S/C15H20N4O4S/c1-9-11(13(20)21)24-12(17-9)10-5-7-19(18-10)8-6-16-14(22)23-15(2,3)4/h5,7H,6,8H2,1-4H3,(H,16,22)(H,20,21). The maximum absolute atomic E-state index is 11.6. The molecule has 9 heteroatoms. The molecule has 1 amide bonds. The quantitative estimate of drug-likeness (QED) is 0.856. The van der Waals surface area contributed by atoms with Crippen molar-refractivity contribution in [3.63, 3.8) is 0 Å². The predicted octanol–water partition coefficient (Wildman–Crippen LogP) is 2.54. The van der Waals surface area contributed by atoms with Crippen LogP contribution in [0.2, 0.25) is 0 Å². The highest BCUT2D eigenvalue weighted by Crippen LogP contribution is 2.26. The highest BCUT2D eigenvalue weighted by molar-refractivity contribution is 7.17. The van der Waals surface area contributed by atoms with Gasteiger partial charge < -0.3 is 15.2 Å².